The van der Waals surface area contributed by atoms with Gasteiger partial charge in [0.1, 0.15) is 4.64 Å². The second-order valence-corrected chi connectivity index (χ2v) is 5.00. The van der Waals surface area contributed by atoms with E-state index in [2.05, 4.69) is 40.0 Å². The maximum atomic E-state index is 5.38. The number of aryl methyl sites for hydroxylation is 1. The fraction of sp³-hybridized carbons (Fsp3) is 0.385. The molecule has 1 saturated heterocycles. The Bertz CT molecular complexity index is 612. The molecule has 1 aromatic carbocycles. The molecule has 2 aromatic rings. The summed E-state index contributed by atoms with van der Waals surface area (Å²) in [4.78, 5) is 10.2. The summed E-state index contributed by atoms with van der Waals surface area (Å²) in [6.45, 7) is 4.23. The molecule has 1 aromatic heterocycles. The number of rotatable bonds is 1. The van der Waals surface area contributed by atoms with Gasteiger partial charge in [-0.2, -0.15) is 0 Å². The van der Waals surface area contributed by atoms with Gasteiger partial charge >= 0.3 is 0 Å². The highest BCUT2D eigenvalue weighted by Crippen LogP contribution is 2.20. The van der Waals surface area contributed by atoms with Crippen LogP contribution in [0.5, 0.6) is 0 Å². The predicted octanol–water partition coefficient (Wildman–Crippen LogP) is 3.20. The summed E-state index contributed by atoms with van der Waals surface area (Å²) in [6.07, 6.45) is 2.49. The van der Waals surface area contributed by atoms with Crippen molar-refractivity contribution in [1.29, 1.82) is 0 Å². The van der Waals surface area contributed by atoms with E-state index in [1.807, 2.05) is 0 Å². The summed E-state index contributed by atoms with van der Waals surface area (Å²) in [5.74, 6) is 0.920. The monoisotopic (exact) mass is 245 g/mol. The third kappa shape index (κ3) is 1.93. The van der Waals surface area contributed by atoms with E-state index in [1.54, 1.807) is 0 Å². The van der Waals surface area contributed by atoms with Gasteiger partial charge in [-0.05, 0) is 31.9 Å². The first kappa shape index (κ1) is 10.7. The lowest BCUT2D eigenvalue weighted by Crippen LogP contribution is -2.20. The van der Waals surface area contributed by atoms with Gasteiger partial charge < -0.3 is 9.88 Å². The van der Waals surface area contributed by atoms with Crippen LogP contribution in [0, 0.1) is 11.6 Å². The average molecular weight is 245 g/mol. The van der Waals surface area contributed by atoms with Crippen LogP contribution in [0.2, 0.25) is 0 Å². The van der Waals surface area contributed by atoms with Gasteiger partial charge in [0.2, 0.25) is 5.95 Å². The lowest BCUT2D eigenvalue weighted by molar-refractivity contribution is 0.905. The lowest BCUT2D eigenvalue weighted by Gasteiger charge is -2.16. The van der Waals surface area contributed by atoms with Crippen LogP contribution < -0.4 is 4.90 Å². The normalized spacial score (nSPS) is 15.7. The van der Waals surface area contributed by atoms with E-state index in [0.29, 0.717) is 4.64 Å². The van der Waals surface area contributed by atoms with Crippen molar-refractivity contribution < 1.29 is 0 Å². The molecule has 0 saturated carbocycles. The first-order chi connectivity index (χ1) is 8.24. The summed E-state index contributed by atoms with van der Waals surface area (Å²) in [6, 6.07) is 6.28. The summed E-state index contributed by atoms with van der Waals surface area (Å²) in [7, 11) is 0. The van der Waals surface area contributed by atoms with Crippen LogP contribution >= 0.6 is 12.2 Å². The van der Waals surface area contributed by atoms with Crippen LogP contribution in [0.4, 0.5) is 5.95 Å². The summed E-state index contributed by atoms with van der Waals surface area (Å²) >= 11 is 5.38. The summed E-state index contributed by atoms with van der Waals surface area (Å²) in [5.41, 5.74) is 2.30. The number of fused-ring (bicyclic) bond motifs is 1. The molecule has 17 heavy (non-hydrogen) atoms. The molecule has 1 aliphatic heterocycles. The van der Waals surface area contributed by atoms with E-state index in [4.69, 9.17) is 12.2 Å². The topological polar surface area (TPSA) is 31.9 Å². The zero-order valence-corrected chi connectivity index (χ0v) is 10.7. The Kier molecular flexibility index (Phi) is 2.59. The molecule has 1 fully saturated rings. The standard InChI is InChI=1S/C13H15N3S/c1-9-4-5-11-10(8-9)12(17)15-13(14-11)16-6-2-3-7-16/h4-5,8H,2-3,6-7H2,1H3,(H,14,15,17). The van der Waals surface area contributed by atoms with Crippen molar-refractivity contribution in [3.05, 3.63) is 28.4 Å². The molecule has 0 bridgehead atoms. The van der Waals surface area contributed by atoms with Crippen LogP contribution in [-0.4, -0.2) is 23.1 Å². The van der Waals surface area contributed by atoms with Crippen molar-refractivity contribution >= 4 is 29.1 Å². The average Bonchev–Trinajstić information content (AvgIpc) is 2.83. The van der Waals surface area contributed by atoms with Crippen molar-refractivity contribution in [2.45, 2.75) is 19.8 Å². The van der Waals surface area contributed by atoms with Crippen LogP contribution in [0.25, 0.3) is 10.9 Å². The minimum Gasteiger partial charge on any atom is -0.342 e. The van der Waals surface area contributed by atoms with Crippen molar-refractivity contribution in [1.82, 2.24) is 9.97 Å². The fourth-order valence-electron chi connectivity index (χ4n) is 2.33. The second-order valence-electron chi connectivity index (χ2n) is 4.61. The zero-order chi connectivity index (χ0) is 11.8. The van der Waals surface area contributed by atoms with Gasteiger partial charge in [0.15, 0.2) is 0 Å². The molecular formula is C13H15N3S. The molecular weight excluding hydrogens is 230 g/mol. The Hall–Kier alpha value is -1.42. The van der Waals surface area contributed by atoms with E-state index in [9.17, 15) is 0 Å². The number of nitrogens with one attached hydrogen (secondary N) is 1. The number of hydrogen-bond donors (Lipinski definition) is 1. The number of aromatic nitrogens is 2. The van der Waals surface area contributed by atoms with Gasteiger partial charge in [0, 0.05) is 18.5 Å². The molecule has 0 amide bonds. The largest absolute Gasteiger partial charge is 0.342 e. The fourth-order valence-corrected chi connectivity index (χ4v) is 2.58. The maximum Gasteiger partial charge on any atom is 0.204 e. The first-order valence-electron chi connectivity index (χ1n) is 6.00. The summed E-state index contributed by atoms with van der Waals surface area (Å²) in [5, 5.41) is 1.04. The Morgan fingerprint density at radius 3 is 2.82 bits per heavy atom. The smallest absolute Gasteiger partial charge is 0.204 e. The highest BCUT2D eigenvalue weighted by molar-refractivity contribution is 7.71. The number of nitrogens with zero attached hydrogens (tertiary/aromatic N) is 2. The number of anilines is 1. The Labute approximate surface area is 105 Å². The van der Waals surface area contributed by atoms with Gasteiger partial charge in [-0.15, -0.1) is 0 Å². The van der Waals surface area contributed by atoms with Gasteiger partial charge in [-0.25, -0.2) is 4.98 Å². The van der Waals surface area contributed by atoms with Crippen molar-refractivity contribution in [3.63, 3.8) is 0 Å². The van der Waals surface area contributed by atoms with Crippen molar-refractivity contribution in [2.75, 3.05) is 18.0 Å². The molecule has 3 rings (SSSR count). The molecule has 2 heterocycles. The van der Waals surface area contributed by atoms with Crippen molar-refractivity contribution in [3.8, 4) is 0 Å². The SMILES string of the molecule is Cc1ccc2[nH]c(N3CCCC3)nc(=S)c2c1. The molecule has 1 aliphatic rings. The number of H-pyrrole nitrogens is 1. The maximum absolute atomic E-state index is 5.38. The Morgan fingerprint density at radius 2 is 2.06 bits per heavy atom. The minimum absolute atomic E-state index is 0.698. The van der Waals surface area contributed by atoms with Gasteiger partial charge in [0.05, 0.1) is 5.52 Å². The van der Waals surface area contributed by atoms with Crippen LogP contribution in [0.1, 0.15) is 18.4 Å². The van der Waals surface area contributed by atoms with Crippen LogP contribution in [-0.2, 0) is 0 Å². The number of benzene rings is 1. The van der Waals surface area contributed by atoms with Crippen LogP contribution in [0.15, 0.2) is 18.2 Å². The van der Waals surface area contributed by atoms with E-state index in [-0.39, 0.29) is 0 Å². The molecule has 1 N–H and O–H groups in total. The predicted molar refractivity (Wildman–Crippen MR) is 73.1 cm³/mol. The van der Waals surface area contributed by atoms with E-state index in [1.165, 1.54) is 18.4 Å². The third-order valence-corrected chi connectivity index (χ3v) is 3.58. The minimum atomic E-state index is 0.698. The molecule has 0 aliphatic carbocycles. The van der Waals surface area contributed by atoms with Crippen LogP contribution in [0.3, 0.4) is 0 Å². The highest BCUT2D eigenvalue weighted by atomic mass is 32.1. The van der Waals surface area contributed by atoms with Gasteiger partial charge in [-0.3, -0.25) is 0 Å². The summed E-state index contributed by atoms with van der Waals surface area (Å²) < 4.78 is 0.698. The highest BCUT2D eigenvalue weighted by Gasteiger charge is 2.14. The molecule has 0 unspecified atom stereocenters. The molecule has 4 heteroatoms. The van der Waals surface area contributed by atoms with Gasteiger partial charge in [-0.1, -0.05) is 23.8 Å². The second kappa shape index (κ2) is 4.11. The first-order valence-corrected chi connectivity index (χ1v) is 6.40. The lowest BCUT2D eigenvalue weighted by atomic mass is 10.2. The van der Waals surface area contributed by atoms with Crippen molar-refractivity contribution in [2.24, 2.45) is 0 Å². The van der Waals surface area contributed by atoms with E-state index in [0.717, 1.165) is 29.9 Å². The zero-order valence-electron chi connectivity index (χ0n) is 9.86. The molecule has 0 spiro atoms. The van der Waals surface area contributed by atoms with E-state index >= 15 is 0 Å². The number of hydrogen-bond acceptors (Lipinski definition) is 3. The van der Waals surface area contributed by atoms with E-state index < -0.39 is 0 Å². The number of aromatic amines is 1. The third-order valence-electron chi connectivity index (χ3n) is 3.26. The molecule has 88 valence electrons. The molecule has 0 radical (unpaired) electrons. The molecule has 0 atom stereocenters. The van der Waals surface area contributed by atoms with Gasteiger partial charge in [0.25, 0.3) is 0 Å². The Balaban J connectivity index is 2.17. The Morgan fingerprint density at radius 1 is 1.29 bits per heavy atom. The molecule has 3 nitrogen and oxygen atoms in total. The quantitative estimate of drug-likeness (QED) is 0.783.